The Labute approximate surface area is 190 Å². The van der Waals surface area contributed by atoms with Crippen LogP contribution in [0.25, 0.3) is 5.69 Å². The number of hydrogen-bond donors (Lipinski definition) is 1. The van der Waals surface area contributed by atoms with Crippen LogP contribution in [0, 0.1) is 17.0 Å². The summed E-state index contributed by atoms with van der Waals surface area (Å²) in [5.74, 6) is -0.460. The van der Waals surface area contributed by atoms with Crippen molar-refractivity contribution >= 4 is 27.3 Å². The number of sulfonamides is 1. The van der Waals surface area contributed by atoms with Crippen molar-refractivity contribution in [3.05, 3.63) is 64.0 Å². The van der Waals surface area contributed by atoms with Crippen LogP contribution in [-0.2, 0) is 10.0 Å². The van der Waals surface area contributed by atoms with E-state index in [9.17, 15) is 23.3 Å². The molecule has 0 radical (unpaired) electrons. The van der Waals surface area contributed by atoms with Crippen molar-refractivity contribution in [1.82, 2.24) is 19.3 Å². The lowest BCUT2D eigenvalue weighted by atomic mass is 10.2. The molecule has 0 bridgehead atoms. The second-order valence-corrected chi connectivity index (χ2v) is 9.17. The SMILES string of the molecule is CCOc1ccc(NC(=O)c2nnn(-c3cccc([N+](=O)[O-])c3)c2C)cc1S(=O)(=O)N(C)C. The van der Waals surface area contributed by atoms with Crippen LogP contribution in [0.2, 0.25) is 0 Å². The molecule has 0 saturated carbocycles. The lowest BCUT2D eigenvalue weighted by Gasteiger charge is -2.16. The van der Waals surface area contributed by atoms with Crippen molar-refractivity contribution < 1.29 is 22.9 Å². The van der Waals surface area contributed by atoms with E-state index in [-0.39, 0.29) is 34.3 Å². The maximum atomic E-state index is 12.8. The van der Waals surface area contributed by atoms with E-state index in [0.717, 1.165) is 4.31 Å². The summed E-state index contributed by atoms with van der Waals surface area (Å²) in [5.41, 5.74) is 0.784. The summed E-state index contributed by atoms with van der Waals surface area (Å²) in [6, 6.07) is 10.0. The van der Waals surface area contributed by atoms with Gasteiger partial charge in [0, 0.05) is 31.9 Å². The Kier molecular flexibility index (Phi) is 6.74. The molecule has 0 fully saturated rings. The molecular weight excluding hydrogens is 452 g/mol. The third-order valence-corrected chi connectivity index (χ3v) is 6.49. The highest BCUT2D eigenvalue weighted by Gasteiger charge is 2.24. The number of amides is 1. The van der Waals surface area contributed by atoms with Gasteiger partial charge in [-0.25, -0.2) is 17.4 Å². The molecule has 3 rings (SSSR count). The molecule has 174 valence electrons. The second-order valence-electron chi connectivity index (χ2n) is 7.05. The van der Waals surface area contributed by atoms with Crippen molar-refractivity contribution in [1.29, 1.82) is 0 Å². The van der Waals surface area contributed by atoms with E-state index in [2.05, 4.69) is 15.6 Å². The summed E-state index contributed by atoms with van der Waals surface area (Å²) in [7, 11) is -1.04. The summed E-state index contributed by atoms with van der Waals surface area (Å²) in [6.45, 7) is 3.59. The molecule has 1 heterocycles. The predicted octanol–water partition coefficient (Wildman–Crippen LogP) is 2.39. The molecule has 3 aromatic rings. The number of carbonyl (C=O) groups excluding carboxylic acids is 1. The molecule has 33 heavy (non-hydrogen) atoms. The standard InChI is InChI=1S/C20H22N6O6S/c1-5-32-17-10-9-14(11-18(17)33(30,31)24(3)4)21-20(27)19-13(2)25(23-22-19)15-7-6-8-16(12-15)26(28)29/h6-12H,5H2,1-4H3,(H,21,27). The van der Waals surface area contributed by atoms with Gasteiger partial charge in [-0.1, -0.05) is 11.3 Å². The summed E-state index contributed by atoms with van der Waals surface area (Å²) < 4.78 is 33.1. The molecule has 12 nitrogen and oxygen atoms in total. The first kappa shape index (κ1) is 23.8. The van der Waals surface area contributed by atoms with Crippen LogP contribution in [0.15, 0.2) is 47.4 Å². The van der Waals surface area contributed by atoms with Crippen LogP contribution >= 0.6 is 0 Å². The van der Waals surface area contributed by atoms with Gasteiger partial charge in [-0.2, -0.15) is 0 Å². The van der Waals surface area contributed by atoms with Crippen molar-refractivity contribution in [2.45, 2.75) is 18.7 Å². The van der Waals surface area contributed by atoms with E-state index in [1.54, 1.807) is 19.9 Å². The minimum Gasteiger partial charge on any atom is -0.492 e. The first-order valence-electron chi connectivity index (χ1n) is 9.74. The number of nitrogens with one attached hydrogen (secondary N) is 1. The molecule has 1 N–H and O–H groups in total. The Balaban J connectivity index is 1.93. The van der Waals surface area contributed by atoms with Gasteiger partial charge in [0.15, 0.2) is 5.69 Å². The second kappa shape index (κ2) is 9.34. The number of carbonyl (C=O) groups is 1. The lowest BCUT2D eigenvalue weighted by Crippen LogP contribution is -2.23. The van der Waals surface area contributed by atoms with Gasteiger partial charge in [0.1, 0.15) is 10.6 Å². The lowest BCUT2D eigenvalue weighted by molar-refractivity contribution is -0.384. The van der Waals surface area contributed by atoms with Crippen LogP contribution in [0.5, 0.6) is 5.75 Å². The van der Waals surface area contributed by atoms with Gasteiger partial charge in [0.05, 0.1) is 22.9 Å². The Morgan fingerprint density at radius 3 is 2.61 bits per heavy atom. The van der Waals surface area contributed by atoms with Gasteiger partial charge >= 0.3 is 0 Å². The Hall–Kier alpha value is -3.84. The van der Waals surface area contributed by atoms with Crippen LogP contribution in [0.3, 0.4) is 0 Å². The third kappa shape index (κ3) is 4.83. The maximum absolute atomic E-state index is 12.8. The van der Waals surface area contributed by atoms with Gasteiger partial charge in [0.2, 0.25) is 10.0 Å². The van der Waals surface area contributed by atoms with Crippen molar-refractivity contribution in [3.63, 3.8) is 0 Å². The molecule has 0 spiro atoms. The number of anilines is 1. The maximum Gasteiger partial charge on any atom is 0.278 e. The quantitative estimate of drug-likeness (QED) is 0.386. The zero-order valence-corrected chi connectivity index (χ0v) is 19.2. The molecule has 2 aromatic carbocycles. The predicted molar refractivity (Wildman–Crippen MR) is 119 cm³/mol. The molecule has 0 aliphatic rings. The average molecular weight is 474 g/mol. The van der Waals surface area contributed by atoms with Crippen LogP contribution in [0.1, 0.15) is 23.1 Å². The fourth-order valence-electron chi connectivity index (χ4n) is 2.97. The minimum absolute atomic E-state index is 0.0209. The van der Waals surface area contributed by atoms with E-state index >= 15 is 0 Å². The number of rotatable bonds is 8. The monoisotopic (exact) mass is 474 g/mol. The highest BCUT2D eigenvalue weighted by atomic mass is 32.2. The Bertz CT molecular complexity index is 1320. The number of non-ortho nitro benzene ring substituents is 1. The van der Waals surface area contributed by atoms with Gasteiger partial charge in [-0.05, 0) is 38.1 Å². The summed E-state index contributed by atoms with van der Waals surface area (Å²) in [6.07, 6.45) is 0. The summed E-state index contributed by atoms with van der Waals surface area (Å²) in [5, 5.41) is 21.5. The van der Waals surface area contributed by atoms with Crippen LogP contribution in [0.4, 0.5) is 11.4 Å². The first-order chi connectivity index (χ1) is 15.6. The van der Waals surface area contributed by atoms with Gasteiger partial charge < -0.3 is 10.1 Å². The van der Waals surface area contributed by atoms with E-state index in [0.29, 0.717) is 11.4 Å². The van der Waals surface area contributed by atoms with E-state index in [1.165, 1.54) is 55.2 Å². The van der Waals surface area contributed by atoms with Crippen LogP contribution < -0.4 is 10.1 Å². The Morgan fingerprint density at radius 1 is 1.24 bits per heavy atom. The van der Waals surface area contributed by atoms with Gasteiger partial charge in [-0.3, -0.25) is 14.9 Å². The van der Waals surface area contributed by atoms with E-state index in [1.807, 2.05) is 0 Å². The minimum atomic E-state index is -3.83. The van der Waals surface area contributed by atoms with Crippen molar-refractivity contribution in [3.8, 4) is 11.4 Å². The molecule has 0 aliphatic carbocycles. The van der Waals surface area contributed by atoms with E-state index in [4.69, 9.17) is 4.74 Å². The average Bonchev–Trinajstić information content (AvgIpc) is 3.16. The number of aromatic nitrogens is 3. The molecule has 1 amide bonds. The number of ether oxygens (including phenoxy) is 1. The van der Waals surface area contributed by atoms with Crippen molar-refractivity contribution in [2.75, 3.05) is 26.0 Å². The Morgan fingerprint density at radius 2 is 1.97 bits per heavy atom. The first-order valence-corrected chi connectivity index (χ1v) is 11.2. The fraction of sp³-hybridized carbons (Fsp3) is 0.250. The molecule has 0 unspecified atom stereocenters. The molecule has 0 atom stereocenters. The van der Waals surface area contributed by atoms with Gasteiger partial charge in [0.25, 0.3) is 11.6 Å². The highest BCUT2D eigenvalue weighted by molar-refractivity contribution is 7.89. The number of benzene rings is 2. The zero-order valence-electron chi connectivity index (χ0n) is 18.3. The molecule has 1 aromatic heterocycles. The largest absolute Gasteiger partial charge is 0.492 e. The number of nitrogens with zero attached hydrogens (tertiary/aromatic N) is 5. The topological polar surface area (TPSA) is 150 Å². The molecule has 0 saturated heterocycles. The molecular formula is C20H22N6O6S. The molecule has 13 heteroatoms. The van der Waals surface area contributed by atoms with Crippen LogP contribution in [-0.4, -0.2) is 59.2 Å². The third-order valence-electron chi connectivity index (χ3n) is 4.65. The molecule has 0 aliphatic heterocycles. The van der Waals surface area contributed by atoms with Gasteiger partial charge in [-0.15, -0.1) is 5.10 Å². The summed E-state index contributed by atoms with van der Waals surface area (Å²) in [4.78, 5) is 23.2. The fourth-order valence-corrected chi connectivity index (χ4v) is 4.02. The normalized spacial score (nSPS) is 11.4. The number of nitro groups is 1. The van der Waals surface area contributed by atoms with E-state index < -0.39 is 20.9 Å². The zero-order chi connectivity index (χ0) is 24.3. The number of nitro benzene ring substituents is 1. The van der Waals surface area contributed by atoms with Crippen molar-refractivity contribution in [2.24, 2.45) is 0 Å². The number of hydrogen-bond acceptors (Lipinski definition) is 8. The summed E-state index contributed by atoms with van der Waals surface area (Å²) >= 11 is 0. The highest BCUT2D eigenvalue weighted by Crippen LogP contribution is 2.29. The smallest absolute Gasteiger partial charge is 0.278 e.